The predicted octanol–water partition coefficient (Wildman–Crippen LogP) is 2.56. The fraction of sp³-hybridized carbons (Fsp3) is 0.125. The fourth-order valence-corrected chi connectivity index (χ4v) is 2.06. The molecular formula is C16H16N4O. The molecule has 2 N–H and O–H groups in total. The number of hydrogen-bond acceptors (Lipinski definition) is 4. The second-order valence-corrected chi connectivity index (χ2v) is 4.56. The van der Waals surface area contributed by atoms with E-state index in [2.05, 4.69) is 10.1 Å². The van der Waals surface area contributed by atoms with E-state index in [1.807, 2.05) is 54.6 Å². The lowest BCUT2D eigenvalue weighted by molar-refractivity contribution is 0.436. The van der Waals surface area contributed by atoms with Crippen molar-refractivity contribution in [3.63, 3.8) is 0 Å². The highest BCUT2D eigenvalue weighted by Gasteiger charge is 2.08. The average Bonchev–Trinajstić information content (AvgIpc) is 2.99. The zero-order valence-electron chi connectivity index (χ0n) is 11.5. The van der Waals surface area contributed by atoms with Gasteiger partial charge in [-0.1, -0.05) is 36.4 Å². The van der Waals surface area contributed by atoms with Gasteiger partial charge in [-0.2, -0.15) is 4.98 Å². The van der Waals surface area contributed by atoms with Crippen LogP contribution in [0, 0.1) is 0 Å². The van der Waals surface area contributed by atoms with Crippen molar-refractivity contribution in [2.24, 2.45) is 5.73 Å². The summed E-state index contributed by atoms with van der Waals surface area (Å²) in [6, 6.07) is 17.9. The average molecular weight is 280 g/mol. The maximum atomic E-state index is 5.77. The SMILES string of the molecule is NCCc1ccccc1Oc1ncn(-c2ccccc2)n1. The van der Waals surface area contributed by atoms with Gasteiger partial charge >= 0.3 is 6.01 Å². The number of benzene rings is 2. The summed E-state index contributed by atoms with van der Waals surface area (Å²) in [4.78, 5) is 4.19. The molecule has 0 saturated carbocycles. The molecule has 0 radical (unpaired) electrons. The minimum Gasteiger partial charge on any atom is -0.423 e. The second-order valence-electron chi connectivity index (χ2n) is 4.56. The van der Waals surface area contributed by atoms with E-state index in [1.165, 1.54) is 0 Å². The molecule has 0 aliphatic heterocycles. The van der Waals surface area contributed by atoms with Crippen LogP contribution in [0.3, 0.4) is 0 Å². The first-order valence-corrected chi connectivity index (χ1v) is 6.80. The number of hydrogen-bond donors (Lipinski definition) is 1. The Bertz CT molecular complexity index is 709. The Morgan fingerprint density at radius 2 is 1.76 bits per heavy atom. The van der Waals surface area contributed by atoms with Gasteiger partial charge in [-0.15, -0.1) is 5.10 Å². The molecule has 0 unspecified atom stereocenters. The van der Waals surface area contributed by atoms with Crippen molar-refractivity contribution >= 4 is 0 Å². The molecule has 3 aromatic rings. The van der Waals surface area contributed by atoms with Crippen LogP contribution in [0.2, 0.25) is 0 Å². The minimum atomic E-state index is 0.323. The smallest absolute Gasteiger partial charge is 0.341 e. The lowest BCUT2D eigenvalue weighted by Crippen LogP contribution is -2.04. The summed E-state index contributed by atoms with van der Waals surface area (Å²) in [6.07, 6.45) is 2.39. The highest BCUT2D eigenvalue weighted by Crippen LogP contribution is 2.23. The number of rotatable bonds is 5. The van der Waals surface area contributed by atoms with Crippen molar-refractivity contribution in [2.75, 3.05) is 6.54 Å². The van der Waals surface area contributed by atoms with E-state index < -0.39 is 0 Å². The summed E-state index contributed by atoms with van der Waals surface area (Å²) in [5, 5.41) is 4.33. The first-order valence-electron chi connectivity index (χ1n) is 6.80. The topological polar surface area (TPSA) is 66.0 Å². The summed E-state index contributed by atoms with van der Waals surface area (Å²) >= 11 is 0. The molecule has 0 aliphatic carbocycles. The quantitative estimate of drug-likeness (QED) is 0.780. The zero-order valence-corrected chi connectivity index (χ0v) is 11.5. The molecule has 0 saturated heterocycles. The van der Waals surface area contributed by atoms with Gasteiger partial charge in [0.15, 0.2) is 0 Å². The van der Waals surface area contributed by atoms with E-state index >= 15 is 0 Å². The largest absolute Gasteiger partial charge is 0.423 e. The number of ether oxygens (including phenoxy) is 1. The summed E-state index contributed by atoms with van der Waals surface area (Å²) < 4.78 is 7.45. The van der Waals surface area contributed by atoms with Crippen molar-refractivity contribution in [3.05, 3.63) is 66.5 Å². The Morgan fingerprint density at radius 1 is 1.00 bits per heavy atom. The highest BCUT2D eigenvalue weighted by atomic mass is 16.5. The van der Waals surface area contributed by atoms with Gasteiger partial charge < -0.3 is 10.5 Å². The summed E-state index contributed by atoms with van der Waals surface area (Å²) in [6.45, 7) is 0.576. The fourth-order valence-electron chi connectivity index (χ4n) is 2.06. The van der Waals surface area contributed by atoms with Crippen molar-refractivity contribution in [3.8, 4) is 17.4 Å². The van der Waals surface area contributed by atoms with Crippen LogP contribution in [0.4, 0.5) is 0 Å². The molecule has 21 heavy (non-hydrogen) atoms. The van der Waals surface area contributed by atoms with E-state index in [9.17, 15) is 0 Å². The van der Waals surface area contributed by atoms with Crippen LogP contribution >= 0.6 is 0 Å². The third kappa shape index (κ3) is 3.09. The molecular weight excluding hydrogens is 264 g/mol. The third-order valence-corrected chi connectivity index (χ3v) is 3.08. The van der Waals surface area contributed by atoms with Crippen LogP contribution in [-0.4, -0.2) is 21.3 Å². The monoisotopic (exact) mass is 280 g/mol. The van der Waals surface area contributed by atoms with Crippen molar-refractivity contribution < 1.29 is 4.74 Å². The van der Waals surface area contributed by atoms with E-state index in [4.69, 9.17) is 10.5 Å². The first-order chi connectivity index (χ1) is 10.4. The molecule has 106 valence electrons. The van der Waals surface area contributed by atoms with Crippen LogP contribution in [0.1, 0.15) is 5.56 Å². The maximum absolute atomic E-state index is 5.77. The number of nitrogens with zero attached hydrogens (tertiary/aromatic N) is 3. The van der Waals surface area contributed by atoms with E-state index in [0.717, 1.165) is 23.4 Å². The van der Waals surface area contributed by atoms with E-state index in [1.54, 1.807) is 11.0 Å². The second kappa shape index (κ2) is 6.19. The third-order valence-electron chi connectivity index (χ3n) is 3.08. The molecule has 0 amide bonds. The van der Waals surface area contributed by atoms with Gasteiger partial charge in [0.1, 0.15) is 12.1 Å². The van der Waals surface area contributed by atoms with Gasteiger partial charge in [-0.05, 0) is 36.7 Å². The number of para-hydroxylation sites is 2. The normalized spacial score (nSPS) is 10.5. The summed E-state index contributed by atoms with van der Waals surface area (Å²) in [5.41, 5.74) is 7.60. The number of nitrogens with two attached hydrogens (primary N) is 1. The summed E-state index contributed by atoms with van der Waals surface area (Å²) in [7, 11) is 0. The Kier molecular flexibility index (Phi) is 3.93. The van der Waals surface area contributed by atoms with Crippen LogP contribution in [-0.2, 0) is 6.42 Å². The highest BCUT2D eigenvalue weighted by molar-refractivity contribution is 5.35. The molecule has 0 fully saturated rings. The Hall–Kier alpha value is -2.66. The maximum Gasteiger partial charge on any atom is 0.341 e. The van der Waals surface area contributed by atoms with Crippen molar-refractivity contribution in [1.29, 1.82) is 0 Å². The van der Waals surface area contributed by atoms with E-state index in [-0.39, 0.29) is 0 Å². The molecule has 0 bridgehead atoms. The van der Waals surface area contributed by atoms with Crippen LogP contribution < -0.4 is 10.5 Å². The molecule has 5 heteroatoms. The van der Waals surface area contributed by atoms with Crippen LogP contribution in [0.25, 0.3) is 5.69 Å². The Morgan fingerprint density at radius 3 is 2.57 bits per heavy atom. The van der Waals surface area contributed by atoms with Gasteiger partial charge in [-0.3, -0.25) is 0 Å². The predicted molar refractivity (Wildman–Crippen MR) is 80.6 cm³/mol. The Balaban J connectivity index is 1.82. The van der Waals surface area contributed by atoms with Crippen LogP contribution in [0.15, 0.2) is 60.9 Å². The van der Waals surface area contributed by atoms with E-state index in [0.29, 0.717) is 12.6 Å². The van der Waals surface area contributed by atoms with Gasteiger partial charge in [0.2, 0.25) is 0 Å². The molecule has 0 atom stereocenters. The van der Waals surface area contributed by atoms with Crippen molar-refractivity contribution in [1.82, 2.24) is 14.8 Å². The number of aromatic nitrogens is 3. The molecule has 5 nitrogen and oxygen atoms in total. The van der Waals surface area contributed by atoms with Gasteiger partial charge in [0.25, 0.3) is 0 Å². The minimum absolute atomic E-state index is 0.323. The Labute approximate surface area is 123 Å². The molecule has 1 heterocycles. The lowest BCUT2D eigenvalue weighted by Gasteiger charge is -2.07. The summed E-state index contributed by atoms with van der Waals surface area (Å²) in [5.74, 6) is 0.744. The van der Waals surface area contributed by atoms with Crippen molar-refractivity contribution in [2.45, 2.75) is 6.42 Å². The molecule has 3 rings (SSSR count). The zero-order chi connectivity index (χ0) is 14.5. The molecule has 1 aromatic heterocycles. The van der Waals surface area contributed by atoms with Crippen LogP contribution in [0.5, 0.6) is 11.8 Å². The van der Waals surface area contributed by atoms with Gasteiger partial charge in [0.05, 0.1) is 5.69 Å². The van der Waals surface area contributed by atoms with Gasteiger partial charge in [0, 0.05) is 0 Å². The molecule has 0 aliphatic rings. The lowest BCUT2D eigenvalue weighted by atomic mass is 10.1. The molecule has 2 aromatic carbocycles. The van der Waals surface area contributed by atoms with Gasteiger partial charge in [-0.25, -0.2) is 4.68 Å². The first kappa shape index (κ1) is 13.3. The standard InChI is InChI=1S/C16H16N4O/c17-11-10-13-6-4-5-9-15(13)21-16-18-12-20(19-16)14-7-2-1-3-8-14/h1-9,12H,10-11,17H2. The molecule has 0 spiro atoms.